The van der Waals surface area contributed by atoms with E-state index in [0.717, 1.165) is 12.8 Å². The third-order valence-electron chi connectivity index (χ3n) is 3.74. The molecule has 0 aromatic heterocycles. The standard InChI is InChI=1S/C16H31NO3.K/c1-4-7-8-9-10-11-12-14(13-15(18)19)16(20)17(5-2)6-3;/h14H,4-13H2,1-3H3,(H,18,19);/q;+1/p-1. The maximum absolute atomic E-state index is 12.2. The van der Waals surface area contributed by atoms with E-state index in [9.17, 15) is 14.7 Å². The van der Waals surface area contributed by atoms with Gasteiger partial charge in [-0.15, -0.1) is 0 Å². The van der Waals surface area contributed by atoms with E-state index in [1.54, 1.807) is 4.90 Å². The predicted molar refractivity (Wildman–Crippen MR) is 79.0 cm³/mol. The maximum Gasteiger partial charge on any atom is 1.00 e. The fraction of sp³-hybridized carbons (Fsp3) is 0.875. The van der Waals surface area contributed by atoms with Gasteiger partial charge in [0.1, 0.15) is 0 Å². The minimum Gasteiger partial charge on any atom is -0.550 e. The molecule has 118 valence electrons. The van der Waals surface area contributed by atoms with Gasteiger partial charge in [0, 0.05) is 25.0 Å². The fourth-order valence-electron chi connectivity index (χ4n) is 2.48. The van der Waals surface area contributed by atoms with Crippen LogP contribution in [0.2, 0.25) is 0 Å². The largest absolute Gasteiger partial charge is 1.00 e. The van der Waals surface area contributed by atoms with Crippen molar-refractivity contribution in [2.45, 2.75) is 72.1 Å². The van der Waals surface area contributed by atoms with E-state index in [1.165, 1.54) is 25.7 Å². The molecule has 0 saturated heterocycles. The smallest absolute Gasteiger partial charge is 0.550 e. The Kier molecular flexibility index (Phi) is 17.6. The van der Waals surface area contributed by atoms with Crippen molar-refractivity contribution in [2.24, 2.45) is 5.92 Å². The summed E-state index contributed by atoms with van der Waals surface area (Å²) in [6.45, 7) is 7.29. The molecule has 0 N–H and O–H groups in total. The van der Waals surface area contributed by atoms with Crippen LogP contribution in [-0.2, 0) is 9.59 Å². The molecule has 0 aliphatic heterocycles. The van der Waals surface area contributed by atoms with Gasteiger partial charge in [0.15, 0.2) is 0 Å². The molecule has 1 amide bonds. The Bertz CT molecular complexity index is 281. The van der Waals surface area contributed by atoms with Crippen LogP contribution in [0.4, 0.5) is 0 Å². The molecule has 0 fully saturated rings. The topological polar surface area (TPSA) is 60.4 Å². The Morgan fingerprint density at radius 1 is 0.952 bits per heavy atom. The number of unbranched alkanes of at least 4 members (excludes halogenated alkanes) is 5. The number of carboxylic acids is 1. The molecule has 1 atom stereocenters. The molecule has 4 nitrogen and oxygen atoms in total. The van der Waals surface area contributed by atoms with Gasteiger partial charge in [-0.3, -0.25) is 4.79 Å². The predicted octanol–water partition coefficient (Wildman–Crippen LogP) is -0.634. The van der Waals surface area contributed by atoms with E-state index in [-0.39, 0.29) is 63.7 Å². The van der Waals surface area contributed by atoms with Crippen LogP contribution in [-0.4, -0.2) is 29.9 Å². The van der Waals surface area contributed by atoms with Gasteiger partial charge in [-0.1, -0.05) is 45.4 Å². The SMILES string of the molecule is CCCCCCCCC(CC(=O)[O-])C(=O)N(CC)CC.[K+]. The van der Waals surface area contributed by atoms with Crippen LogP contribution in [0, 0.1) is 5.92 Å². The molecule has 5 heteroatoms. The first-order chi connectivity index (χ1) is 9.56. The second-order valence-electron chi connectivity index (χ2n) is 5.34. The van der Waals surface area contributed by atoms with Gasteiger partial charge >= 0.3 is 51.4 Å². The van der Waals surface area contributed by atoms with E-state index in [0.29, 0.717) is 19.5 Å². The second kappa shape index (κ2) is 15.5. The van der Waals surface area contributed by atoms with Crippen molar-refractivity contribution >= 4 is 11.9 Å². The number of hydrogen-bond donors (Lipinski definition) is 0. The average molecular weight is 324 g/mol. The summed E-state index contributed by atoms with van der Waals surface area (Å²) in [5.74, 6) is -1.57. The summed E-state index contributed by atoms with van der Waals surface area (Å²) < 4.78 is 0. The molecule has 0 spiro atoms. The number of amides is 1. The van der Waals surface area contributed by atoms with Crippen molar-refractivity contribution in [1.29, 1.82) is 0 Å². The second-order valence-corrected chi connectivity index (χ2v) is 5.34. The summed E-state index contributed by atoms with van der Waals surface area (Å²) in [6.07, 6.45) is 7.38. The van der Waals surface area contributed by atoms with E-state index < -0.39 is 11.9 Å². The van der Waals surface area contributed by atoms with Crippen molar-refractivity contribution in [1.82, 2.24) is 4.90 Å². The van der Waals surface area contributed by atoms with Gasteiger partial charge in [0.25, 0.3) is 0 Å². The Morgan fingerprint density at radius 3 is 1.95 bits per heavy atom. The molecule has 0 bridgehead atoms. The number of hydrogen-bond acceptors (Lipinski definition) is 3. The van der Waals surface area contributed by atoms with E-state index in [4.69, 9.17) is 0 Å². The van der Waals surface area contributed by atoms with Crippen molar-refractivity contribution in [3.63, 3.8) is 0 Å². The number of rotatable bonds is 12. The summed E-state index contributed by atoms with van der Waals surface area (Å²) in [5.41, 5.74) is 0. The molecule has 0 aromatic carbocycles. The minimum absolute atomic E-state index is 0. The van der Waals surface area contributed by atoms with Gasteiger partial charge in [-0.05, 0) is 26.7 Å². The van der Waals surface area contributed by atoms with Crippen LogP contribution in [0.3, 0.4) is 0 Å². The van der Waals surface area contributed by atoms with E-state index in [1.807, 2.05) is 13.8 Å². The van der Waals surface area contributed by atoms with Gasteiger partial charge in [-0.2, -0.15) is 0 Å². The zero-order chi connectivity index (χ0) is 15.4. The number of carboxylic acid groups (broad SMARTS) is 1. The molecule has 0 aliphatic rings. The van der Waals surface area contributed by atoms with Crippen molar-refractivity contribution in [3.8, 4) is 0 Å². The van der Waals surface area contributed by atoms with Crippen molar-refractivity contribution < 1.29 is 66.1 Å². The van der Waals surface area contributed by atoms with Crippen molar-refractivity contribution in [2.75, 3.05) is 13.1 Å². The Hall–Kier alpha value is 0.576. The summed E-state index contributed by atoms with van der Waals surface area (Å²) in [4.78, 5) is 24.8. The third-order valence-corrected chi connectivity index (χ3v) is 3.74. The number of carbonyl (C=O) groups is 2. The molecule has 21 heavy (non-hydrogen) atoms. The average Bonchev–Trinajstić information content (AvgIpc) is 2.42. The van der Waals surface area contributed by atoms with E-state index in [2.05, 4.69) is 6.92 Å². The summed E-state index contributed by atoms with van der Waals surface area (Å²) in [6, 6.07) is 0. The molecule has 0 rings (SSSR count). The summed E-state index contributed by atoms with van der Waals surface area (Å²) in [7, 11) is 0. The molecule has 0 radical (unpaired) electrons. The molecule has 1 unspecified atom stereocenters. The quantitative estimate of drug-likeness (QED) is 0.355. The molecular weight excluding hydrogens is 293 g/mol. The molecule has 0 saturated carbocycles. The van der Waals surface area contributed by atoms with Crippen LogP contribution < -0.4 is 56.5 Å². The molecule has 0 heterocycles. The maximum atomic E-state index is 12.2. The third kappa shape index (κ3) is 11.8. The zero-order valence-electron chi connectivity index (χ0n) is 14.3. The van der Waals surface area contributed by atoms with Gasteiger partial charge in [0.05, 0.1) is 0 Å². The van der Waals surface area contributed by atoms with Crippen LogP contribution in [0.1, 0.15) is 72.1 Å². The van der Waals surface area contributed by atoms with Crippen molar-refractivity contribution in [3.05, 3.63) is 0 Å². The van der Waals surface area contributed by atoms with Crippen LogP contribution in [0.5, 0.6) is 0 Å². The normalized spacial score (nSPS) is 11.6. The summed E-state index contributed by atoms with van der Waals surface area (Å²) >= 11 is 0. The van der Waals surface area contributed by atoms with Crippen LogP contribution >= 0.6 is 0 Å². The fourth-order valence-corrected chi connectivity index (χ4v) is 2.48. The molecule has 0 aromatic rings. The molecular formula is C16H30KNO3. The molecule has 0 aliphatic carbocycles. The Labute approximate surface area is 172 Å². The van der Waals surface area contributed by atoms with Crippen LogP contribution in [0.15, 0.2) is 0 Å². The Morgan fingerprint density at radius 2 is 1.48 bits per heavy atom. The number of aliphatic carboxylic acids is 1. The first-order valence-electron chi connectivity index (χ1n) is 8.05. The number of nitrogens with zero attached hydrogens (tertiary/aromatic N) is 1. The Balaban J connectivity index is 0. The van der Waals surface area contributed by atoms with Gasteiger partial charge in [-0.25, -0.2) is 0 Å². The number of carbonyl (C=O) groups excluding carboxylic acids is 2. The first-order valence-corrected chi connectivity index (χ1v) is 8.05. The van der Waals surface area contributed by atoms with Crippen LogP contribution in [0.25, 0.3) is 0 Å². The zero-order valence-corrected chi connectivity index (χ0v) is 17.4. The minimum atomic E-state index is -1.12. The van der Waals surface area contributed by atoms with E-state index >= 15 is 0 Å². The monoisotopic (exact) mass is 323 g/mol. The first kappa shape index (κ1) is 23.8. The van der Waals surface area contributed by atoms with Gasteiger partial charge in [0.2, 0.25) is 5.91 Å². The van der Waals surface area contributed by atoms with Gasteiger partial charge < -0.3 is 14.8 Å². The summed E-state index contributed by atoms with van der Waals surface area (Å²) in [5, 5.41) is 10.8.